The number of aliphatic carboxylic acids is 1. The van der Waals surface area contributed by atoms with E-state index in [0.29, 0.717) is 0 Å². The van der Waals surface area contributed by atoms with Crippen LogP contribution in [-0.2, 0) is 9.53 Å². The molecule has 1 atom stereocenters. The molecule has 64 valence electrons. The highest BCUT2D eigenvalue weighted by Crippen LogP contribution is 2.22. The molecule has 0 radical (unpaired) electrons. The molecule has 0 saturated heterocycles. The third-order valence-electron chi connectivity index (χ3n) is 0.871. The normalized spacial score (nSPS) is 12.4. The molecule has 0 aromatic rings. The molecule has 3 nitrogen and oxygen atoms in total. The molecule has 6 heteroatoms. The second-order valence-electron chi connectivity index (χ2n) is 1.56. The summed E-state index contributed by atoms with van der Waals surface area (Å²) < 4.78 is 4.17. The van der Waals surface area contributed by atoms with Crippen LogP contribution in [-0.4, -0.2) is 24.3 Å². The van der Waals surface area contributed by atoms with E-state index >= 15 is 0 Å². The summed E-state index contributed by atoms with van der Waals surface area (Å²) in [6, 6.07) is 0. The second-order valence-corrected chi connectivity index (χ2v) is 2.92. The van der Waals surface area contributed by atoms with Gasteiger partial charge in [-0.05, 0) is 0 Å². The van der Waals surface area contributed by atoms with Crippen molar-refractivity contribution in [1.29, 1.82) is 0 Å². The topological polar surface area (TPSA) is 46.5 Å². The smallest absolute Gasteiger partial charge is 0.338 e. The average Bonchev–Trinajstić information content (AvgIpc) is 1.88. The molecule has 0 spiro atoms. The minimum atomic E-state index is -1.29. The van der Waals surface area contributed by atoms with Gasteiger partial charge in [0.15, 0.2) is 6.10 Å². The summed E-state index contributed by atoms with van der Waals surface area (Å²) in [5, 5.41) is 8.20. The molecule has 0 aromatic heterocycles. The van der Waals surface area contributed by atoms with Crippen molar-refractivity contribution in [1.82, 2.24) is 0 Å². The van der Waals surface area contributed by atoms with E-state index in [1.165, 1.54) is 7.11 Å². The first-order valence-electron chi connectivity index (χ1n) is 2.47. The van der Waals surface area contributed by atoms with E-state index in [1.54, 1.807) is 0 Å². The molecule has 0 aliphatic carbocycles. The zero-order valence-electron chi connectivity index (χ0n) is 5.47. The Bertz CT molecular complexity index is 185. The fourth-order valence-corrected chi connectivity index (χ4v) is 0.792. The predicted molar refractivity (Wildman–Crippen MR) is 43.0 cm³/mol. The Morgan fingerprint density at radius 3 is 2.00 bits per heavy atom. The van der Waals surface area contributed by atoms with Crippen LogP contribution >= 0.6 is 34.8 Å². The van der Waals surface area contributed by atoms with Gasteiger partial charge in [0.25, 0.3) is 0 Å². The van der Waals surface area contributed by atoms with Crippen LogP contribution in [0.2, 0.25) is 0 Å². The highest BCUT2D eigenvalue weighted by Gasteiger charge is 2.22. The molecule has 11 heavy (non-hydrogen) atoms. The van der Waals surface area contributed by atoms with E-state index in [4.69, 9.17) is 39.9 Å². The van der Waals surface area contributed by atoms with Gasteiger partial charge >= 0.3 is 5.97 Å². The molecule has 0 aliphatic heterocycles. The fourth-order valence-electron chi connectivity index (χ4n) is 0.412. The first kappa shape index (κ1) is 11.0. The maximum Gasteiger partial charge on any atom is 0.338 e. The van der Waals surface area contributed by atoms with E-state index in [2.05, 4.69) is 4.74 Å². The lowest BCUT2D eigenvalue weighted by molar-refractivity contribution is -0.145. The number of rotatable bonds is 3. The summed E-state index contributed by atoms with van der Waals surface area (Å²) in [7, 11) is 1.19. The van der Waals surface area contributed by atoms with Crippen molar-refractivity contribution in [3.63, 3.8) is 0 Å². The minimum absolute atomic E-state index is 0.233. The minimum Gasteiger partial charge on any atom is -0.479 e. The quantitative estimate of drug-likeness (QED) is 0.789. The molecule has 0 heterocycles. The van der Waals surface area contributed by atoms with Crippen molar-refractivity contribution in [2.75, 3.05) is 7.11 Å². The molecule has 0 aliphatic rings. The van der Waals surface area contributed by atoms with Crippen LogP contribution in [0.4, 0.5) is 0 Å². The lowest BCUT2D eigenvalue weighted by atomic mass is 10.3. The number of carboxylic acids is 1. The van der Waals surface area contributed by atoms with Crippen molar-refractivity contribution in [3.8, 4) is 0 Å². The largest absolute Gasteiger partial charge is 0.479 e. The van der Waals surface area contributed by atoms with E-state index < -0.39 is 12.1 Å². The summed E-state index contributed by atoms with van der Waals surface area (Å²) >= 11 is 15.8. The number of halogens is 3. The molecule has 1 N–H and O–H groups in total. The van der Waals surface area contributed by atoms with Crippen molar-refractivity contribution in [2.24, 2.45) is 0 Å². The number of hydrogen-bond acceptors (Lipinski definition) is 2. The van der Waals surface area contributed by atoms with Crippen LogP contribution in [0.1, 0.15) is 0 Å². The highest BCUT2D eigenvalue weighted by molar-refractivity contribution is 6.59. The van der Waals surface area contributed by atoms with E-state index in [-0.39, 0.29) is 9.52 Å². The Morgan fingerprint density at radius 2 is 1.91 bits per heavy atom. The van der Waals surface area contributed by atoms with E-state index in [1.807, 2.05) is 0 Å². The Kier molecular flexibility index (Phi) is 4.84. The van der Waals surface area contributed by atoms with Gasteiger partial charge in [0.2, 0.25) is 0 Å². The predicted octanol–water partition coefficient (Wildman–Crippen LogP) is 1.97. The number of methoxy groups -OCH3 is 1. The molecular formula is C5H5Cl3O3. The first-order valence-corrected chi connectivity index (χ1v) is 3.60. The zero-order chi connectivity index (χ0) is 9.02. The third kappa shape index (κ3) is 3.29. The third-order valence-corrected chi connectivity index (χ3v) is 1.86. The molecule has 0 fully saturated rings. The summed E-state index contributed by atoms with van der Waals surface area (Å²) in [6.07, 6.45) is -1.29. The highest BCUT2D eigenvalue weighted by atomic mass is 35.5. The Labute approximate surface area is 78.5 Å². The van der Waals surface area contributed by atoms with Crippen LogP contribution in [0.5, 0.6) is 0 Å². The number of ether oxygens (including phenoxy) is 1. The average molecular weight is 219 g/mol. The van der Waals surface area contributed by atoms with Gasteiger partial charge in [0.05, 0.1) is 5.03 Å². The number of carbonyl (C=O) groups is 1. The number of hydrogen-bond donors (Lipinski definition) is 1. The van der Waals surface area contributed by atoms with Gasteiger partial charge in [-0.3, -0.25) is 0 Å². The monoisotopic (exact) mass is 218 g/mol. The summed E-state index contributed by atoms with van der Waals surface area (Å²) in [6.45, 7) is 0. The van der Waals surface area contributed by atoms with E-state index in [9.17, 15) is 4.79 Å². The molecule has 0 amide bonds. The SMILES string of the molecule is COC(C(=O)O)C(Cl)=C(Cl)Cl. The maximum absolute atomic E-state index is 10.3. The van der Waals surface area contributed by atoms with Gasteiger partial charge in [0.1, 0.15) is 4.49 Å². The Hall–Kier alpha value is 0.0400. The first-order chi connectivity index (χ1) is 5.00. The molecular weight excluding hydrogens is 214 g/mol. The molecule has 0 rings (SSSR count). The van der Waals surface area contributed by atoms with E-state index in [0.717, 1.165) is 0 Å². The van der Waals surface area contributed by atoms with Gasteiger partial charge in [-0.25, -0.2) is 4.79 Å². The fraction of sp³-hybridized carbons (Fsp3) is 0.400. The van der Waals surface area contributed by atoms with Gasteiger partial charge in [-0.1, -0.05) is 34.8 Å². The molecule has 0 aromatic carbocycles. The van der Waals surface area contributed by atoms with Crippen LogP contribution in [0, 0.1) is 0 Å². The van der Waals surface area contributed by atoms with Gasteiger partial charge < -0.3 is 9.84 Å². The molecule has 0 bridgehead atoms. The van der Waals surface area contributed by atoms with Crippen LogP contribution in [0.3, 0.4) is 0 Å². The molecule has 1 unspecified atom stereocenters. The summed E-state index contributed by atoms with van der Waals surface area (Å²) in [5.74, 6) is -1.24. The van der Waals surface area contributed by atoms with Crippen molar-refractivity contribution >= 4 is 40.8 Å². The second kappa shape index (κ2) is 4.83. The van der Waals surface area contributed by atoms with Crippen LogP contribution in [0.15, 0.2) is 9.52 Å². The summed E-state index contributed by atoms with van der Waals surface area (Å²) in [5.41, 5.74) is 0. The Morgan fingerprint density at radius 1 is 1.45 bits per heavy atom. The number of carboxylic acid groups (broad SMARTS) is 1. The summed E-state index contributed by atoms with van der Waals surface area (Å²) in [4.78, 5) is 10.3. The lowest BCUT2D eigenvalue weighted by Gasteiger charge is -2.08. The van der Waals surface area contributed by atoms with Crippen molar-refractivity contribution < 1.29 is 14.6 Å². The zero-order valence-corrected chi connectivity index (χ0v) is 7.74. The van der Waals surface area contributed by atoms with Crippen molar-refractivity contribution in [3.05, 3.63) is 9.52 Å². The molecule has 0 saturated carbocycles. The van der Waals surface area contributed by atoms with Crippen molar-refractivity contribution in [2.45, 2.75) is 6.10 Å². The van der Waals surface area contributed by atoms with Crippen LogP contribution in [0.25, 0.3) is 0 Å². The standard InChI is InChI=1S/C5H5Cl3O3/c1-11-3(5(9)10)2(6)4(7)8/h3H,1H3,(H,9,10). The van der Waals surface area contributed by atoms with Gasteiger partial charge in [-0.15, -0.1) is 0 Å². The van der Waals surface area contributed by atoms with Gasteiger partial charge in [0, 0.05) is 7.11 Å². The lowest BCUT2D eigenvalue weighted by Crippen LogP contribution is -2.22. The van der Waals surface area contributed by atoms with Crippen LogP contribution < -0.4 is 0 Å². The Balaban J connectivity index is 4.52. The van der Waals surface area contributed by atoms with Gasteiger partial charge in [-0.2, -0.15) is 0 Å². The maximum atomic E-state index is 10.3.